The number of aromatic nitrogens is 4. The number of carbonyl (C=O) groups excluding carboxylic acids is 4. The number of unbranched alkanes of at least 4 members (excludes halogenated alkanes) is 1. The molecule has 2 unspecified atom stereocenters. The zero-order valence-electron chi connectivity index (χ0n) is 33.1. The Morgan fingerprint density at radius 1 is 0.875 bits per heavy atom. The largest absolute Gasteiger partial charge is 0.355 e. The molecule has 0 bridgehead atoms. The molecule has 7 rings (SSSR count). The fraction of sp³-hybridized carbons (Fsp3) is 0.455. The Kier molecular flexibility index (Phi) is 15.7. The van der Waals surface area contributed by atoms with E-state index in [-0.39, 0.29) is 29.8 Å². The van der Waals surface area contributed by atoms with Gasteiger partial charge in [-0.3, -0.25) is 14.5 Å². The van der Waals surface area contributed by atoms with Crippen LogP contribution >= 0.6 is 0 Å². The number of carbonyl (C=O) groups is 4. The van der Waals surface area contributed by atoms with E-state index in [1.165, 1.54) is 6.42 Å². The third-order valence-electron chi connectivity index (χ3n) is 10.1. The predicted octanol–water partition coefficient (Wildman–Crippen LogP) is 5.38. The van der Waals surface area contributed by atoms with E-state index in [9.17, 15) is 19.2 Å². The molecule has 2 aliphatic carbocycles. The molecule has 56 heavy (non-hydrogen) atoms. The highest BCUT2D eigenvalue weighted by atomic mass is 16.2. The van der Waals surface area contributed by atoms with Crippen LogP contribution in [0, 0.1) is 23.7 Å². The van der Waals surface area contributed by atoms with E-state index in [1.807, 2.05) is 31.5 Å². The Balaban J connectivity index is 0.000000332. The highest BCUT2D eigenvalue weighted by Crippen LogP contribution is 2.30. The minimum atomic E-state index is -0.326. The van der Waals surface area contributed by atoms with Crippen LogP contribution in [0.1, 0.15) is 94.0 Å². The number of benzene rings is 2. The Morgan fingerprint density at radius 3 is 2.02 bits per heavy atom. The number of nitrogens with one attached hydrogen (secondary N) is 5. The average Bonchev–Trinajstić information content (AvgIpc) is 4.11. The van der Waals surface area contributed by atoms with Crippen LogP contribution in [0.3, 0.4) is 0 Å². The molecule has 0 radical (unpaired) electrons. The first-order valence-electron chi connectivity index (χ1n) is 19.8. The Bertz CT molecular complexity index is 1930. The Labute approximate surface area is 330 Å². The number of likely N-dealkylation sites (tertiary alicyclic amines) is 1. The molecular weight excluding hydrogens is 705 g/mol. The van der Waals surface area contributed by atoms with E-state index in [0.29, 0.717) is 18.5 Å². The summed E-state index contributed by atoms with van der Waals surface area (Å²) < 4.78 is 0. The molecule has 296 valence electrons. The molecule has 4 aromatic rings. The molecule has 12 heteroatoms. The van der Waals surface area contributed by atoms with Crippen molar-refractivity contribution in [3.8, 4) is 34.4 Å². The topological polar surface area (TPSA) is 165 Å². The lowest BCUT2D eigenvalue weighted by atomic mass is 10.1. The minimum Gasteiger partial charge on any atom is -0.355 e. The van der Waals surface area contributed by atoms with E-state index in [4.69, 9.17) is 0 Å². The number of aryl methyl sites for hydroxylation is 1. The summed E-state index contributed by atoms with van der Waals surface area (Å²) in [7, 11) is 3.95. The molecule has 3 atom stereocenters. The summed E-state index contributed by atoms with van der Waals surface area (Å²) in [6, 6.07) is 16.4. The first kappa shape index (κ1) is 41.8. The zero-order chi connectivity index (χ0) is 39.9. The van der Waals surface area contributed by atoms with E-state index in [0.717, 1.165) is 116 Å². The number of aldehydes is 2. The van der Waals surface area contributed by atoms with Gasteiger partial charge in [-0.1, -0.05) is 36.1 Å². The molecule has 2 aromatic heterocycles. The molecule has 2 saturated carbocycles. The molecular formula is C44H56N8O4. The van der Waals surface area contributed by atoms with Crippen LogP contribution in [0.5, 0.6) is 0 Å². The van der Waals surface area contributed by atoms with Crippen molar-refractivity contribution in [3.05, 3.63) is 83.7 Å². The molecule has 1 saturated heterocycles. The van der Waals surface area contributed by atoms with Crippen molar-refractivity contribution in [1.29, 1.82) is 0 Å². The maximum atomic E-state index is 11.8. The SMILES string of the molecule is CNC(C)C(=O)NCCCCc1ncc(-c2ccc(C#Cc3ccc(-c4cnc(C5CCCN5C)[nH]4)cc3)cc2)[nH]1.C[C@H](C=O)NC(=O)C1CC1.O=CC1CC1. The van der Waals surface area contributed by atoms with Gasteiger partial charge in [-0.2, -0.15) is 0 Å². The van der Waals surface area contributed by atoms with Crippen molar-refractivity contribution >= 4 is 24.4 Å². The third kappa shape index (κ3) is 13.1. The second-order valence-electron chi connectivity index (χ2n) is 14.9. The summed E-state index contributed by atoms with van der Waals surface area (Å²) in [5.41, 5.74) is 6.17. The van der Waals surface area contributed by atoms with E-state index in [2.05, 4.69) is 96.1 Å². The summed E-state index contributed by atoms with van der Waals surface area (Å²) >= 11 is 0. The second kappa shape index (κ2) is 21.1. The molecule has 3 fully saturated rings. The molecule has 5 N–H and O–H groups in total. The number of H-pyrrole nitrogens is 2. The van der Waals surface area contributed by atoms with Crippen LogP contribution in [-0.4, -0.2) is 88.5 Å². The van der Waals surface area contributed by atoms with Gasteiger partial charge in [0.2, 0.25) is 11.8 Å². The lowest BCUT2D eigenvalue weighted by Crippen LogP contribution is -2.40. The van der Waals surface area contributed by atoms with Crippen LogP contribution in [0.2, 0.25) is 0 Å². The maximum absolute atomic E-state index is 11.8. The lowest BCUT2D eigenvalue weighted by molar-refractivity contribution is -0.124. The summed E-state index contributed by atoms with van der Waals surface area (Å²) in [5, 5.41) is 8.48. The number of hydrogen-bond donors (Lipinski definition) is 5. The normalized spacial score (nSPS) is 17.1. The predicted molar refractivity (Wildman–Crippen MR) is 218 cm³/mol. The minimum absolute atomic E-state index is 0.0274. The first-order valence-corrected chi connectivity index (χ1v) is 19.8. The van der Waals surface area contributed by atoms with Crippen molar-refractivity contribution in [2.24, 2.45) is 11.8 Å². The molecule has 1 aliphatic heterocycles. The standard InChI is InChI=1S/C33H39N7O.C7H11NO2.C4H6O/c1-23(34-2)33(41)35-19-5-4-8-31-36-21-28(38-31)26-15-11-24(12-16-26)9-10-25-13-17-27(18-14-25)29-22-37-32(39-29)30-7-6-20-40(30)3;1-5(4-9)8-7(10)6-2-3-6;5-3-4-1-2-4/h11-18,21-23,30,34H,4-8,19-20H2,1-3H3,(H,35,41)(H,36,38)(H,37,39);4-6H,2-3H2,1H3,(H,8,10);3-4H,1-2H2/t;5-;/m.1./s1. The van der Waals surface area contributed by atoms with E-state index in [1.54, 1.807) is 14.0 Å². The van der Waals surface area contributed by atoms with Crippen molar-refractivity contribution in [2.45, 2.75) is 89.8 Å². The van der Waals surface area contributed by atoms with Gasteiger partial charge in [-0.15, -0.1) is 0 Å². The van der Waals surface area contributed by atoms with Gasteiger partial charge in [-0.05, 0) is 121 Å². The molecule has 2 aromatic carbocycles. The van der Waals surface area contributed by atoms with Gasteiger partial charge in [0.25, 0.3) is 0 Å². The Morgan fingerprint density at radius 2 is 1.50 bits per heavy atom. The van der Waals surface area contributed by atoms with Gasteiger partial charge in [0.1, 0.15) is 24.2 Å². The number of aromatic amines is 2. The van der Waals surface area contributed by atoms with Crippen molar-refractivity contribution in [2.75, 3.05) is 27.2 Å². The van der Waals surface area contributed by atoms with Crippen LogP contribution < -0.4 is 16.0 Å². The molecule has 0 spiro atoms. The summed E-state index contributed by atoms with van der Waals surface area (Å²) in [5.74, 6) is 9.27. The number of amides is 2. The highest BCUT2D eigenvalue weighted by Gasteiger charge is 2.30. The van der Waals surface area contributed by atoms with Crippen molar-refractivity contribution in [3.63, 3.8) is 0 Å². The molecule has 2 amide bonds. The highest BCUT2D eigenvalue weighted by molar-refractivity contribution is 5.83. The fourth-order valence-corrected chi connectivity index (χ4v) is 6.02. The summed E-state index contributed by atoms with van der Waals surface area (Å²) in [6.07, 6.45) is 14.9. The van der Waals surface area contributed by atoms with Crippen molar-refractivity contribution in [1.82, 2.24) is 40.8 Å². The fourth-order valence-electron chi connectivity index (χ4n) is 6.02. The van der Waals surface area contributed by atoms with Gasteiger partial charge in [0.15, 0.2) is 0 Å². The number of likely N-dealkylation sites (N-methyl/N-ethyl adjacent to an activating group) is 1. The zero-order valence-corrected chi connectivity index (χ0v) is 33.1. The van der Waals surface area contributed by atoms with Gasteiger partial charge in [0.05, 0.1) is 41.9 Å². The number of imidazole rings is 2. The van der Waals surface area contributed by atoms with Crippen LogP contribution in [0.4, 0.5) is 0 Å². The Hall–Kier alpha value is -5.38. The molecule has 12 nitrogen and oxygen atoms in total. The average molecular weight is 761 g/mol. The quantitative estimate of drug-likeness (QED) is 0.0650. The lowest BCUT2D eigenvalue weighted by Gasteiger charge is -2.16. The van der Waals surface area contributed by atoms with E-state index < -0.39 is 0 Å². The number of nitrogens with zero attached hydrogens (tertiary/aromatic N) is 3. The smallest absolute Gasteiger partial charge is 0.236 e. The summed E-state index contributed by atoms with van der Waals surface area (Å²) in [4.78, 5) is 60.8. The first-order chi connectivity index (χ1) is 27.2. The summed E-state index contributed by atoms with van der Waals surface area (Å²) in [6.45, 7) is 5.33. The molecule has 3 heterocycles. The van der Waals surface area contributed by atoms with Gasteiger partial charge in [0, 0.05) is 35.9 Å². The van der Waals surface area contributed by atoms with Crippen molar-refractivity contribution < 1.29 is 19.2 Å². The van der Waals surface area contributed by atoms with Gasteiger partial charge < -0.3 is 35.5 Å². The maximum Gasteiger partial charge on any atom is 0.236 e. The monoisotopic (exact) mass is 760 g/mol. The van der Waals surface area contributed by atoms with Gasteiger partial charge >= 0.3 is 0 Å². The van der Waals surface area contributed by atoms with Crippen LogP contribution in [0.15, 0.2) is 60.9 Å². The second-order valence-corrected chi connectivity index (χ2v) is 14.9. The number of rotatable bonds is 14. The molecule has 3 aliphatic rings. The van der Waals surface area contributed by atoms with Crippen LogP contribution in [-0.2, 0) is 25.6 Å². The number of hydrogen-bond acceptors (Lipinski definition) is 8. The van der Waals surface area contributed by atoms with E-state index >= 15 is 0 Å². The van der Waals surface area contributed by atoms with Gasteiger partial charge in [-0.25, -0.2) is 9.97 Å². The van der Waals surface area contributed by atoms with Crippen LogP contribution in [0.25, 0.3) is 22.5 Å². The third-order valence-corrected chi connectivity index (χ3v) is 10.1.